The second-order valence-electron chi connectivity index (χ2n) is 7.85. The lowest BCUT2D eigenvalue weighted by Crippen LogP contribution is -2.68. The number of benzene rings is 2. The standard InChI is InChI=1S/C23H23NO2.ClHO4/c1-23(2,3)21-15-19(17-10-6-4-7-11-17)14-20(24(21)16-22(25)26)18-12-8-5-9-13-18;2-1(3,4)5/h4-15H,16H2,1-3H3;(H,2,3,4,5). The second-order valence-corrected chi connectivity index (χ2v) is 8.61. The van der Waals surface area contributed by atoms with Crippen molar-refractivity contribution in [2.24, 2.45) is 0 Å². The summed E-state index contributed by atoms with van der Waals surface area (Å²) < 4.78 is 35.9. The lowest BCUT2D eigenvalue weighted by atomic mass is 9.88. The maximum atomic E-state index is 11.6. The van der Waals surface area contributed by atoms with Crippen LogP contribution in [0.25, 0.3) is 22.4 Å². The van der Waals surface area contributed by atoms with Gasteiger partial charge >= 0.3 is 5.97 Å². The van der Waals surface area contributed by atoms with Crippen molar-refractivity contribution in [3.63, 3.8) is 0 Å². The Labute approximate surface area is 183 Å². The van der Waals surface area contributed by atoms with Crippen LogP contribution in [-0.4, -0.2) is 11.1 Å². The molecule has 0 unspecified atom stereocenters. The number of hydrogen-bond acceptors (Lipinski definition) is 5. The molecule has 0 amide bonds. The quantitative estimate of drug-likeness (QED) is 0.559. The van der Waals surface area contributed by atoms with E-state index in [0.29, 0.717) is 0 Å². The van der Waals surface area contributed by atoms with Gasteiger partial charge in [-0.1, -0.05) is 69.3 Å². The van der Waals surface area contributed by atoms with Gasteiger partial charge in [0.1, 0.15) is 0 Å². The third-order valence-electron chi connectivity index (χ3n) is 4.40. The van der Waals surface area contributed by atoms with E-state index in [1.165, 1.54) is 0 Å². The average molecular weight is 446 g/mol. The van der Waals surface area contributed by atoms with Crippen LogP contribution in [0, 0.1) is 10.2 Å². The Morgan fingerprint density at radius 3 is 1.71 bits per heavy atom. The van der Waals surface area contributed by atoms with E-state index in [-0.39, 0.29) is 12.0 Å². The fourth-order valence-corrected chi connectivity index (χ4v) is 3.19. The molecule has 1 heterocycles. The van der Waals surface area contributed by atoms with E-state index in [2.05, 4.69) is 45.0 Å². The van der Waals surface area contributed by atoms with Crippen LogP contribution in [0.4, 0.5) is 0 Å². The molecule has 0 fully saturated rings. The first kappa shape index (κ1) is 24.5. The van der Waals surface area contributed by atoms with Gasteiger partial charge in [-0.25, -0.2) is 23.4 Å². The number of rotatable bonds is 4. The zero-order valence-electron chi connectivity index (χ0n) is 17.4. The highest BCUT2D eigenvalue weighted by atomic mass is 35.7. The maximum absolute atomic E-state index is 11.6. The maximum Gasteiger partial charge on any atom is 0.370 e. The zero-order chi connectivity index (χ0) is 23.2. The normalized spacial score (nSPS) is 11.5. The Morgan fingerprint density at radius 2 is 1.29 bits per heavy atom. The van der Waals surface area contributed by atoms with Gasteiger partial charge in [-0.15, -0.1) is 10.2 Å². The summed E-state index contributed by atoms with van der Waals surface area (Å²) in [7, 11) is -4.94. The van der Waals surface area contributed by atoms with Crippen LogP contribution in [0.2, 0.25) is 0 Å². The molecule has 1 aromatic heterocycles. The van der Waals surface area contributed by atoms with Crippen LogP contribution in [0.3, 0.4) is 0 Å². The zero-order valence-corrected chi connectivity index (χ0v) is 18.2. The molecule has 0 bridgehead atoms. The Balaban J connectivity index is 0.000000614. The van der Waals surface area contributed by atoms with Crippen molar-refractivity contribution < 1.29 is 43.3 Å². The number of aromatic nitrogens is 1. The molecule has 0 aliphatic rings. The van der Waals surface area contributed by atoms with Crippen molar-refractivity contribution in [3.8, 4) is 22.4 Å². The van der Waals surface area contributed by atoms with Gasteiger partial charge in [0.25, 0.3) is 0 Å². The third kappa shape index (κ3) is 7.75. The number of carbonyl (C=O) groups is 1. The molecule has 1 N–H and O–H groups in total. The molecular weight excluding hydrogens is 422 g/mol. The largest absolute Gasteiger partial charge is 0.477 e. The molecular formula is C23H24ClNO6. The minimum Gasteiger partial charge on any atom is -0.477 e. The molecule has 7 nitrogen and oxygen atoms in total. The van der Waals surface area contributed by atoms with Crippen LogP contribution >= 0.6 is 0 Å². The minimum atomic E-state index is -4.94. The van der Waals surface area contributed by atoms with Gasteiger partial charge in [0, 0.05) is 23.1 Å². The summed E-state index contributed by atoms with van der Waals surface area (Å²) in [6.45, 7) is 6.28. The number of pyridine rings is 1. The molecule has 3 rings (SSSR count). The van der Waals surface area contributed by atoms with Crippen LogP contribution in [0.5, 0.6) is 0 Å². The summed E-state index contributed by atoms with van der Waals surface area (Å²) in [5.74, 6) is -0.842. The van der Waals surface area contributed by atoms with E-state index in [0.717, 1.165) is 28.1 Å². The number of nitrogens with zero attached hydrogens (tertiary/aromatic N) is 1. The smallest absolute Gasteiger partial charge is 0.370 e. The van der Waals surface area contributed by atoms with Crippen LogP contribution in [-0.2, 0) is 16.8 Å². The van der Waals surface area contributed by atoms with Gasteiger partial charge in [-0.05, 0) is 23.3 Å². The third-order valence-corrected chi connectivity index (χ3v) is 4.40. The highest BCUT2D eigenvalue weighted by molar-refractivity contribution is 5.70. The molecule has 3 aromatic rings. The first-order valence-corrected chi connectivity index (χ1v) is 10.6. The summed E-state index contributed by atoms with van der Waals surface area (Å²) in [6, 6.07) is 24.4. The first-order valence-electron chi connectivity index (χ1n) is 9.39. The van der Waals surface area contributed by atoms with Gasteiger partial charge in [0.05, 0.1) is 0 Å². The number of hydrogen-bond donors (Lipinski definition) is 1. The second kappa shape index (κ2) is 10.00. The molecule has 8 heteroatoms. The fraction of sp³-hybridized carbons (Fsp3) is 0.217. The summed E-state index contributed by atoms with van der Waals surface area (Å²) >= 11 is 0. The fourth-order valence-electron chi connectivity index (χ4n) is 3.19. The average Bonchev–Trinajstić information content (AvgIpc) is 2.67. The van der Waals surface area contributed by atoms with Gasteiger partial charge in [0.2, 0.25) is 12.2 Å². The van der Waals surface area contributed by atoms with E-state index in [9.17, 15) is 9.90 Å². The van der Waals surface area contributed by atoms with Crippen molar-refractivity contribution in [2.45, 2.75) is 32.7 Å². The molecule has 2 aromatic carbocycles. The van der Waals surface area contributed by atoms with Gasteiger partial charge in [0.15, 0.2) is 5.69 Å². The van der Waals surface area contributed by atoms with E-state index in [1.54, 1.807) is 0 Å². The molecule has 0 atom stereocenters. The predicted octanol–water partition coefficient (Wildman–Crippen LogP) is -0.0658. The van der Waals surface area contributed by atoms with Crippen molar-refractivity contribution in [2.75, 3.05) is 0 Å². The Bertz CT molecular complexity index is 1010. The van der Waals surface area contributed by atoms with E-state index >= 15 is 0 Å². The highest BCUT2D eigenvalue weighted by Gasteiger charge is 2.31. The number of aliphatic carboxylic acids is 1. The molecule has 0 radical (unpaired) electrons. The lowest BCUT2D eigenvalue weighted by Gasteiger charge is -2.20. The summed E-state index contributed by atoms with van der Waals surface area (Å²) in [5.41, 5.74) is 4.95. The van der Waals surface area contributed by atoms with E-state index in [4.69, 9.17) is 18.6 Å². The van der Waals surface area contributed by atoms with Crippen LogP contribution in [0.15, 0.2) is 72.8 Å². The van der Waals surface area contributed by atoms with Crippen molar-refractivity contribution in [1.82, 2.24) is 0 Å². The van der Waals surface area contributed by atoms with Gasteiger partial charge < -0.3 is 5.11 Å². The van der Waals surface area contributed by atoms with Crippen molar-refractivity contribution >= 4 is 5.97 Å². The molecule has 0 saturated heterocycles. The van der Waals surface area contributed by atoms with Crippen molar-refractivity contribution in [3.05, 3.63) is 78.5 Å². The molecule has 0 aliphatic carbocycles. The molecule has 31 heavy (non-hydrogen) atoms. The summed E-state index contributed by atoms with van der Waals surface area (Å²) in [6.07, 6.45) is 0. The summed E-state index contributed by atoms with van der Waals surface area (Å²) in [5, 5.41) is 9.49. The number of carboxylic acid groups (broad SMARTS) is 1. The molecule has 0 aliphatic heterocycles. The Kier molecular flexibility index (Phi) is 7.89. The molecule has 164 valence electrons. The minimum absolute atomic E-state index is 0.0636. The lowest BCUT2D eigenvalue weighted by molar-refractivity contribution is -2.00. The number of carboxylic acids is 1. The highest BCUT2D eigenvalue weighted by Crippen LogP contribution is 2.29. The van der Waals surface area contributed by atoms with Crippen LogP contribution < -0.4 is 23.2 Å². The van der Waals surface area contributed by atoms with Gasteiger partial charge in [-0.2, -0.15) is 4.57 Å². The van der Waals surface area contributed by atoms with E-state index in [1.807, 2.05) is 53.1 Å². The molecule has 0 spiro atoms. The van der Waals surface area contributed by atoms with Gasteiger partial charge in [-0.3, -0.25) is 0 Å². The van der Waals surface area contributed by atoms with Crippen molar-refractivity contribution in [1.29, 1.82) is 0 Å². The van der Waals surface area contributed by atoms with Crippen LogP contribution in [0.1, 0.15) is 26.5 Å². The number of halogens is 1. The SMILES string of the molecule is CC(C)(C)c1cc(-c2ccccc2)cc(-c2ccccc2)[n+]1CC(=O)O.[O-][Cl+3]([O-])([O-])[O-]. The van der Waals surface area contributed by atoms with E-state index < -0.39 is 16.2 Å². The Hall–Kier alpha value is -2.81. The summed E-state index contributed by atoms with van der Waals surface area (Å²) in [4.78, 5) is 11.6. The Morgan fingerprint density at radius 1 is 0.839 bits per heavy atom. The monoisotopic (exact) mass is 445 g/mol. The predicted molar refractivity (Wildman–Crippen MR) is 104 cm³/mol. The topological polar surface area (TPSA) is 133 Å². The molecule has 0 saturated carbocycles. The first-order chi connectivity index (χ1) is 14.4.